The molecule has 3 heteroatoms. The molecule has 0 saturated carbocycles. The van der Waals surface area contributed by atoms with Crippen molar-refractivity contribution in [2.24, 2.45) is 5.92 Å². The molecule has 1 aromatic carbocycles. The summed E-state index contributed by atoms with van der Waals surface area (Å²) in [5.41, 5.74) is 0.618. The minimum absolute atomic E-state index is 0.0307. The second-order valence-electron chi connectivity index (χ2n) is 3.66. The van der Waals surface area contributed by atoms with Crippen LogP contribution >= 0.6 is 11.8 Å². The van der Waals surface area contributed by atoms with E-state index in [1.807, 2.05) is 24.5 Å². The Morgan fingerprint density at radius 3 is 2.44 bits per heavy atom. The Morgan fingerprint density at radius 1 is 1.25 bits per heavy atom. The smallest absolute Gasteiger partial charge is 0.173 e. The summed E-state index contributed by atoms with van der Waals surface area (Å²) in [6.45, 7) is 1.69. The second-order valence-corrected chi connectivity index (χ2v) is 4.65. The van der Waals surface area contributed by atoms with Crippen LogP contribution in [0.3, 0.4) is 0 Å². The molecule has 0 N–H and O–H groups in total. The van der Waals surface area contributed by atoms with E-state index in [4.69, 9.17) is 0 Å². The number of hydrogen-bond donors (Lipinski definition) is 0. The topological polar surface area (TPSA) is 34.1 Å². The molecule has 0 aliphatic rings. The lowest BCUT2D eigenvalue weighted by Gasteiger charge is -2.08. The van der Waals surface area contributed by atoms with Crippen LogP contribution in [0.2, 0.25) is 0 Å². The predicted octanol–water partition coefficient (Wildman–Crippen LogP) is 2.83. The highest BCUT2D eigenvalue weighted by Gasteiger charge is 2.21. The monoisotopic (exact) mass is 236 g/mol. The molecular formula is C13H16O2S. The SMILES string of the molecule is CSCCC(=O)C(C)C(=O)c1ccccc1. The molecular weight excluding hydrogens is 220 g/mol. The first-order valence-corrected chi connectivity index (χ1v) is 6.67. The van der Waals surface area contributed by atoms with Crippen LogP contribution in [0.5, 0.6) is 0 Å². The number of benzene rings is 1. The number of carbonyl (C=O) groups is 2. The molecule has 1 aromatic rings. The summed E-state index contributed by atoms with van der Waals surface area (Å²) in [6.07, 6.45) is 2.43. The van der Waals surface area contributed by atoms with Crippen molar-refractivity contribution in [1.82, 2.24) is 0 Å². The highest BCUT2D eigenvalue weighted by atomic mass is 32.2. The average Bonchev–Trinajstić information content (AvgIpc) is 2.35. The van der Waals surface area contributed by atoms with Gasteiger partial charge in [0.2, 0.25) is 0 Å². The van der Waals surface area contributed by atoms with Gasteiger partial charge < -0.3 is 0 Å². The summed E-state index contributed by atoms with van der Waals surface area (Å²) in [5, 5.41) is 0. The molecule has 1 atom stereocenters. The van der Waals surface area contributed by atoms with Gasteiger partial charge in [-0.2, -0.15) is 11.8 Å². The maximum absolute atomic E-state index is 11.9. The minimum atomic E-state index is -0.519. The zero-order chi connectivity index (χ0) is 12.0. The van der Waals surface area contributed by atoms with Gasteiger partial charge >= 0.3 is 0 Å². The first-order valence-electron chi connectivity index (χ1n) is 5.27. The summed E-state index contributed by atoms with van der Waals surface area (Å²) in [7, 11) is 0. The molecule has 1 unspecified atom stereocenters. The van der Waals surface area contributed by atoms with Crippen LogP contribution in [-0.4, -0.2) is 23.6 Å². The molecule has 0 radical (unpaired) electrons. The van der Waals surface area contributed by atoms with Crippen molar-refractivity contribution >= 4 is 23.3 Å². The maximum Gasteiger partial charge on any atom is 0.173 e. The number of ketones is 2. The fraction of sp³-hybridized carbons (Fsp3) is 0.385. The highest BCUT2D eigenvalue weighted by Crippen LogP contribution is 2.12. The van der Waals surface area contributed by atoms with Gasteiger partial charge in [0.05, 0.1) is 5.92 Å². The van der Waals surface area contributed by atoms with E-state index < -0.39 is 5.92 Å². The van der Waals surface area contributed by atoms with Crippen LogP contribution < -0.4 is 0 Å². The second kappa shape index (κ2) is 6.48. The molecule has 0 aromatic heterocycles. The van der Waals surface area contributed by atoms with Crippen LogP contribution in [0.25, 0.3) is 0 Å². The van der Waals surface area contributed by atoms with Gasteiger partial charge in [-0.1, -0.05) is 30.3 Å². The Labute approximate surface area is 100 Å². The standard InChI is InChI=1S/C13H16O2S/c1-10(12(14)8-9-16-2)13(15)11-6-4-3-5-7-11/h3-7,10H,8-9H2,1-2H3. The number of hydrogen-bond acceptors (Lipinski definition) is 3. The zero-order valence-corrected chi connectivity index (χ0v) is 10.4. The quantitative estimate of drug-likeness (QED) is 0.562. The average molecular weight is 236 g/mol. The van der Waals surface area contributed by atoms with E-state index in [1.54, 1.807) is 30.8 Å². The first kappa shape index (κ1) is 13.0. The Morgan fingerprint density at radius 2 is 1.88 bits per heavy atom. The third-order valence-electron chi connectivity index (χ3n) is 2.49. The number of rotatable bonds is 6. The lowest BCUT2D eigenvalue weighted by molar-refractivity contribution is -0.120. The first-order chi connectivity index (χ1) is 7.66. The van der Waals surface area contributed by atoms with Crippen molar-refractivity contribution in [2.75, 3.05) is 12.0 Å². The summed E-state index contributed by atoms with van der Waals surface area (Å²) < 4.78 is 0. The zero-order valence-electron chi connectivity index (χ0n) is 9.60. The molecule has 0 aliphatic heterocycles. The van der Waals surface area contributed by atoms with Crippen LogP contribution in [0, 0.1) is 5.92 Å². The van der Waals surface area contributed by atoms with Gasteiger partial charge in [0.15, 0.2) is 5.78 Å². The highest BCUT2D eigenvalue weighted by molar-refractivity contribution is 7.98. The normalized spacial score (nSPS) is 12.1. The molecule has 86 valence electrons. The van der Waals surface area contributed by atoms with Crippen LogP contribution in [0.4, 0.5) is 0 Å². The molecule has 0 amide bonds. The Hall–Kier alpha value is -1.09. The van der Waals surface area contributed by atoms with Gasteiger partial charge in [-0.25, -0.2) is 0 Å². The van der Waals surface area contributed by atoms with Gasteiger partial charge in [0.1, 0.15) is 5.78 Å². The Bertz CT molecular complexity index is 359. The number of Topliss-reactive ketones (excluding diaryl/α,β-unsaturated/α-hetero) is 2. The minimum Gasteiger partial charge on any atom is -0.299 e. The molecule has 0 aliphatic carbocycles. The van der Waals surface area contributed by atoms with Crippen molar-refractivity contribution < 1.29 is 9.59 Å². The van der Waals surface area contributed by atoms with Gasteiger partial charge in [-0.15, -0.1) is 0 Å². The molecule has 0 heterocycles. The van der Waals surface area contributed by atoms with Crippen LogP contribution in [-0.2, 0) is 4.79 Å². The lowest BCUT2D eigenvalue weighted by atomic mass is 9.94. The van der Waals surface area contributed by atoms with Crippen molar-refractivity contribution in [3.63, 3.8) is 0 Å². The molecule has 16 heavy (non-hydrogen) atoms. The van der Waals surface area contributed by atoms with Crippen molar-refractivity contribution in [2.45, 2.75) is 13.3 Å². The van der Waals surface area contributed by atoms with Gasteiger partial charge in [-0.3, -0.25) is 9.59 Å². The van der Waals surface area contributed by atoms with Gasteiger partial charge in [0, 0.05) is 12.0 Å². The molecule has 2 nitrogen and oxygen atoms in total. The van der Waals surface area contributed by atoms with Crippen molar-refractivity contribution in [1.29, 1.82) is 0 Å². The summed E-state index contributed by atoms with van der Waals surface area (Å²) in [4.78, 5) is 23.6. The van der Waals surface area contributed by atoms with Gasteiger partial charge in [0.25, 0.3) is 0 Å². The molecule has 0 bridgehead atoms. The molecule has 0 fully saturated rings. The fourth-order valence-corrected chi connectivity index (χ4v) is 1.82. The summed E-state index contributed by atoms with van der Waals surface area (Å²) in [6, 6.07) is 8.98. The number of carbonyl (C=O) groups excluding carboxylic acids is 2. The van der Waals surface area contributed by atoms with E-state index in [1.165, 1.54) is 0 Å². The molecule has 1 rings (SSSR count). The fourth-order valence-electron chi connectivity index (χ4n) is 1.42. The van der Waals surface area contributed by atoms with E-state index in [0.29, 0.717) is 12.0 Å². The summed E-state index contributed by atoms with van der Waals surface area (Å²) in [5.74, 6) is 0.218. The van der Waals surface area contributed by atoms with E-state index in [2.05, 4.69) is 0 Å². The largest absolute Gasteiger partial charge is 0.299 e. The third-order valence-corrected chi connectivity index (χ3v) is 3.10. The van der Waals surface area contributed by atoms with E-state index in [-0.39, 0.29) is 11.6 Å². The van der Waals surface area contributed by atoms with Gasteiger partial charge in [-0.05, 0) is 18.9 Å². The van der Waals surface area contributed by atoms with Crippen LogP contribution in [0.1, 0.15) is 23.7 Å². The van der Waals surface area contributed by atoms with E-state index >= 15 is 0 Å². The molecule has 0 spiro atoms. The number of thioether (sulfide) groups is 1. The van der Waals surface area contributed by atoms with E-state index in [0.717, 1.165) is 5.75 Å². The summed E-state index contributed by atoms with van der Waals surface area (Å²) >= 11 is 1.62. The Kier molecular flexibility index (Phi) is 5.26. The molecule has 0 saturated heterocycles. The van der Waals surface area contributed by atoms with Crippen molar-refractivity contribution in [3.8, 4) is 0 Å². The third kappa shape index (κ3) is 3.49. The Balaban J connectivity index is 2.64. The van der Waals surface area contributed by atoms with E-state index in [9.17, 15) is 9.59 Å². The predicted molar refractivity (Wildman–Crippen MR) is 67.9 cm³/mol. The lowest BCUT2D eigenvalue weighted by Crippen LogP contribution is -2.21. The van der Waals surface area contributed by atoms with Crippen molar-refractivity contribution in [3.05, 3.63) is 35.9 Å². The van der Waals surface area contributed by atoms with Crippen LogP contribution in [0.15, 0.2) is 30.3 Å². The maximum atomic E-state index is 11.9.